The Labute approximate surface area is 66.2 Å². The van der Waals surface area contributed by atoms with Gasteiger partial charge in [-0.3, -0.25) is 0 Å². The van der Waals surface area contributed by atoms with E-state index in [2.05, 4.69) is 0 Å². The minimum Gasteiger partial charge on any atom is -0.459 e. The van der Waals surface area contributed by atoms with Crippen molar-refractivity contribution >= 4 is 5.97 Å². The second kappa shape index (κ2) is 2.68. The molecule has 0 aromatic carbocycles. The fourth-order valence-electron chi connectivity index (χ4n) is 1.08. The Morgan fingerprint density at radius 2 is 2.18 bits per heavy atom. The van der Waals surface area contributed by atoms with E-state index in [1.165, 1.54) is 12.0 Å². The first-order valence-corrected chi connectivity index (χ1v) is 4.24. The molecule has 2 rings (SSSR count). The van der Waals surface area contributed by atoms with Gasteiger partial charge in [0.15, 0.2) is 0 Å². The Kier molecular flexibility index (Phi) is 1.68. The van der Waals surface area contributed by atoms with Crippen LogP contribution in [0.5, 0.6) is 0 Å². The van der Waals surface area contributed by atoms with E-state index in [-0.39, 0.29) is 12.1 Å². The molecule has 0 N–H and O–H groups in total. The summed E-state index contributed by atoms with van der Waals surface area (Å²) < 4.78 is 5.05. The predicted molar refractivity (Wildman–Crippen MR) is 41.0 cm³/mol. The molecule has 2 aliphatic carbocycles. The minimum absolute atomic E-state index is 0.123. The summed E-state index contributed by atoms with van der Waals surface area (Å²) in [5, 5.41) is 0. The zero-order valence-corrected chi connectivity index (χ0v) is 6.51. The zero-order valence-electron chi connectivity index (χ0n) is 6.51. The van der Waals surface area contributed by atoms with Gasteiger partial charge in [-0.25, -0.2) is 4.79 Å². The molecule has 11 heavy (non-hydrogen) atoms. The van der Waals surface area contributed by atoms with Crippen molar-refractivity contribution in [2.75, 3.05) is 0 Å². The molecule has 2 saturated carbocycles. The van der Waals surface area contributed by atoms with Crippen LogP contribution in [0.3, 0.4) is 0 Å². The van der Waals surface area contributed by atoms with Gasteiger partial charge in [0, 0.05) is 6.08 Å². The first-order chi connectivity index (χ1) is 5.34. The van der Waals surface area contributed by atoms with Crippen molar-refractivity contribution in [3.05, 3.63) is 11.6 Å². The topological polar surface area (TPSA) is 26.3 Å². The SMILES string of the molecule is O=C(C=C1CCC1)OC1CC1. The van der Waals surface area contributed by atoms with Gasteiger partial charge in [-0.2, -0.15) is 0 Å². The maximum Gasteiger partial charge on any atom is 0.330 e. The third-order valence-corrected chi connectivity index (χ3v) is 2.12. The van der Waals surface area contributed by atoms with Crippen molar-refractivity contribution in [2.24, 2.45) is 0 Å². The van der Waals surface area contributed by atoms with E-state index in [1.54, 1.807) is 6.08 Å². The van der Waals surface area contributed by atoms with E-state index in [0.29, 0.717) is 0 Å². The van der Waals surface area contributed by atoms with Crippen molar-refractivity contribution in [1.29, 1.82) is 0 Å². The standard InChI is InChI=1S/C9H12O2/c10-9(11-8-4-5-8)6-7-2-1-3-7/h6,8H,1-5H2. The molecule has 2 nitrogen and oxygen atoms in total. The lowest BCUT2D eigenvalue weighted by molar-refractivity contribution is -0.139. The number of carbonyl (C=O) groups excluding carboxylic acids is 1. The molecule has 0 spiro atoms. The van der Waals surface area contributed by atoms with Crippen LogP contribution >= 0.6 is 0 Å². The molecule has 0 aliphatic heterocycles. The van der Waals surface area contributed by atoms with Gasteiger partial charge in [0.05, 0.1) is 0 Å². The van der Waals surface area contributed by atoms with Crippen LogP contribution in [0, 0.1) is 0 Å². The van der Waals surface area contributed by atoms with Gasteiger partial charge in [0.25, 0.3) is 0 Å². The summed E-state index contributed by atoms with van der Waals surface area (Å²) >= 11 is 0. The van der Waals surface area contributed by atoms with Gasteiger partial charge in [0.1, 0.15) is 6.10 Å². The molecule has 2 heteroatoms. The van der Waals surface area contributed by atoms with Crippen molar-refractivity contribution in [2.45, 2.75) is 38.2 Å². The maximum atomic E-state index is 11.0. The number of hydrogen-bond donors (Lipinski definition) is 0. The molecule has 60 valence electrons. The van der Waals surface area contributed by atoms with Crippen LogP contribution in [-0.2, 0) is 9.53 Å². The number of allylic oxidation sites excluding steroid dienone is 1. The van der Waals surface area contributed by atoms with Gasteiger partial charge >= 0.3 is 5.97 Å². The van der Waals surface area contributed by atoms with Crippen LogP contribution in [-0.4, -0.2) is 12.1 Å². The summed E-state index contributed by atoms with van der Waals surface area (Å²) in [6, 6.07) is 0. The number of rotatable bonds is 2. The van der Waals surface area contributed by atoms with Crippen molar-refractivity contribution in [1.82, 2.24) is 0 Å². The fraction of sp³-hybridized carbons (Fsp3) is 0.667. The molecule has 0 radical (unpaired) electrons. The molecule has 0 aromatic rings. The van der Waals surface area contributed by atoms with Crippen LogP contribution in [0.25, 0.3) is 0 Å². The monoisotopic (exact) mass is 152 g/mol. The molecule has 2 fully saturated rings. The van der Waals surface area contributed by atoms with Crippen molar-refractivity contribution in [3.63, 3.8) is 0 Å². The summed E-state index contributed by atoms with van der Waals surface area (Å²) in [7, 11) is 0. The maximum absolute atomic E-state index is 11.0. The minimum atomic E-state index is -0.123. The molecule has 2 aliphatic rings. The van der Waals surface area contributed by atoms with Crippen LogP contribution < -0.4 is 0 Å². The summed E-state index contributed by atoms with van der Waals surface area (Å²) in [6.45, 7) is 0. The van der Waals surface area contributed by atoms with Crippen LogP contribution in [0.4, 0.5) is 0 Å². The second-order valence-corrected chi connectivity index (χ2v) is 3.29. The number of esters is 1. The van der Waals surface area contributed by atoms with Crippen LogP contribution in [0.1, 0.15) is 32.1 Å². The third kappa shape index (κ3) is 1.82. The highest BCUT2D eigenvalue weighted by atomic mass is 16.5. The molecule has 0 heterocycles. The highest BCUT2D eigenvalue weighted by Crippen LogP contribution is 2.27. The van der Waals surface area contributed by atoms with Gasteiger partial charge in [-0.15, -0.1) is 0 Å². The predicted octanol–water partition coefficient (Wildman–Crippen LogP) is 1.80. The van der Waals surface area contributed by atoms with Crippen molar-refractivity contribution < 1.29 is 9.53 Å². The number of carbonyl (C=O) groups is 1. The first kappa shape index (κ1) is 6.89. The highest BCUT2D eigenvalue weighted by Gasteiger charge is 2.25. The smallest absolute Gasteiger partial charge is 0.330 e. The summed E-state index contributed by atoms with van der Waals surface area (Å²) in [6.07, 6.45) is 7.48. The Bertz CT molecular complexity index is 196. The van der Waals surface area contributed by atoms with Crippen LogP contribution in [0.15, 0.2) is 11.6 Å². The number of ether oxygens (including phenoxy) is 1. The molecule has 0 amide bonds. The lowest BCUT2D eigenvalue weighted by Crippen LogP contribution is -2.06. The molecule has 0 saturated heterocycles. The van der Waals surface area contributed by atoms with E-state index in [4.69, 9.17) is 4.74 Å². The molecular weight excluding hydrogens is 140 g/mol. The normalized spacial score (nSPS) is 22.4. The molecule has 0 atom stereocenters. The Morgan fingerprint density at radius 3 is 2.64 bits per heavy atom. The average Bonchev–Trinajstić information content (AvgIpc) is 2.62. The van der Waals surface area contributed by atoms with E-state index in [1.807, 2.05) is 0 Å². The van der Waals surface area contributed by atoms with E-state index >= 15 is 0 Å². The quantitative estimate of drug-likeness (QED) is 0.445. The summed E-state index contributed by atoms with van der Waals surface area (Å²) in [5.74, 6) is -0.123. The van der Waals surface area contributed by atoms with Gasteiger partial charge in [0.2, 0.25) is 0 Å². The molecule has 0 aromatic heterocycles. The van der Waals surface area contributed by atoms with Crippen molar-refractivity contribution in [3.8, 4) is 0 Å². The molecule has 0 unspecified atom stereocenters. The van der Waals surface area contributed by atoms with Crippen LogP contribution in [0.2, 0.25) is 0 Å². The van der Waals surface area contributed by atoms with E-state index in [0.717, 1.165) is 25.7 Å². The Balaban J connectivity index is 1.79. The summed E-state index contributed by atoms with van der Waals surface area (Å²) in [4.78, 5) is 11.0. The Hall–Kier alpha value is -0.790. The van der Waals surface area contributed by atoms with Gasteiger partial charge < -0.3 is 4.74 Å². The van der Waals surface area contributed by atoms with E-state index < -0.39 is 0 Å². The lowest BCUT2D eigenvalue weighted by atomic mass is 9.92. The molecule has 0 bridgehead atoms. The van der Waals surface area contributed by atoms with Gasteiger partial charge in [-0.05, 0) is 32.1 Å². The van der Waals surface area contributed by atoms with E-state index in [9.17, 15) is 4.79 Å². The fourth-order valence-corrected chi connectivity index (χ4v) is 1.08. The average molecular weight is 152 g/mol. The second-order valence-electron chi connectivity index (χ2n) is 3.29. The first-order valence-electron chi connectivity index (χ1n) is 4.24. The highest BCUT2D eigenvalue weighted by molar-refractivity contribution is 5.83. The third-order valence-electron chi connectivity index (χ3n) is 2.12. The largest absolute Gasteiger partial charge is 0.459 e. The Morgan fingerprint density at radius 1 is 1.45 bits per heavy atom. The zero-order chi connectivity index (χ0) is 7.68. The van der Waals surface area contributed by atoms with Gasteiger partial charge in [-0.1, -0.05) is 5.57 Å². The molecular formula is C9H12O2. The lowest BCUT2D eigenvalue weighted by Gasteiger charge is -2.14. The summed E-state index contributed by atoms with van der Waals surface area (Å²) in [5.41, 5.74) is 1.26. The number of hydrogen-bond acceptors (Lipinski definition) is 2.